The molecule has 0 aliphatic rings. The fourth-order valence-electron chi connectivity index (χ4n) is 1.47. The predicted molar refractivity (Wildman–Crippen MR) is 61.8 cm³/mol. The zero-order valence-corrected chi connectivity index (χ0v) is 9.90. The van der Waals surface area contributed by atoms with Gasteiger partial charge < -0.3 is 10.4 Å². The lowest BCUT2D eigenvalue weighted by atomic mass is 10.2. The third kappa shape index (κ3) is 3.40. The third-order valence-corrected chi connectivity index (χ3v) is 3.47. The van der Waals surface area contributed by atoms with Crippen LogP contribution in [0.1, 0.15) is 36.1 Å². The maximum Gasteiger partial charge on any atom is 0.0445 e. The lowest BCUT2D eigenvalue weighted by molar-refractivity contribution is 0.265. The molecule has 0 aliphatic carbocycles. The van der Waals surface area contributed by atoms with Gasteiger partial charge in [0, 0.05) is 28.4 Å². The van der Waals surface area contributed by atoms with Gasteiger partial charge >= 0.3 is 0 Å². The summed E-state index contributed by atoms with van der Waals surface area (Å²) in [5.74, 6) is 0. The van der Waals surface area contributed by atoms with Gasteiger partial charge in [-0.2, -0.15) is 0 Å². The largest absolute Gasteiger partial charge is 0.396 e. The first-order chi connectivity index (χ1) is 6.63. The molecule has 2 N–H and O–H groups in total. The highest BCUT2D eigenvalue weighted by molar-refractivity contribution is 7.12. The zero-order chi connectivity index (χ0) is 10.6. The first kappa shape index (κ1) is 11.7. The summed E-state index contributed by atoms with van der Waals surface area (Å²) in [7, 11) is 0. The molecule has 0 fully saturated rings. The number of aliphatic hydroxyl groups excluding tert-OH is 1. The SMILES string of the molecule is Cc1ccc(C(C)N[C@H](C)CCO)s1. The molecule has 0 saturated carbocycles. The fourth-order valence-corrected chi connectivity index (χ4v) is 2.36. The van der Waals surface area contributed by atoms with Crippen molar-refractivity contribution in [3.05, 3.63) is 21.9 Å². The smallest absolute Gasteiger partial charge is 0.0445 e. The Morgan fingerprint density at radius 1 is 1.43 bits per heavy atom. The Hall–Kier alpha value is -0.380. The van der Waals surface area contributed by atoms with E-state index in [0.29, 0.717) is 12.1 Å². The average molecular weight is 213 g/mol. The molecule has 1 heterocycles. The van der Waals surface area contributed by atoms with Crippen molar-refractivity contribution in [1.82, 2.24) is 5.32 Å². The molecule has 1 unspecified atom stereocenters. The highest BCUT2D eigenvalue weighted by atomic mass is 32.1. The van der Waals surface area contributed by atoms with Crippen molar-refractivity contribution < 1.29 is 5.11 Å². The molecule has 14 heavy (non-hydrogen) atoms. The second-order valence-electron chi connectivity index (χ2n) is 3.75. The van der Waals surface area contributed by atoms with Gasteiger partial charge in [-0.3, -0.25) is 0 Å². The van der Waals surface area contributed by atoms with E-state index in [2.05, 4.69) is 38.2 Å². The molecule has 80 valence electrons. The van der Waals surface area contributed by atoms with Crippen LogP contribution in [0.4, 0.5) is 0 Å². The second kappa shape index (κ2) is 5.49. The van der Waals surface area contributed by atoms with E-state index in [4.69, 9.17) is 5.11 Å². The molecule has 1 rings (SSSR count). The first-order valence-corrected chi connectivity index (χ1v) is 5.88. The molecule has 3 heteroatoms. The van der Waals surface area contributed by atoms with Crippen molar-refractivity contribution in [3.8, 4) is 0 Å². The summed E-state index contributed by atoms with van der Waals surface area (Å²) < 4.78 is 0. The van der Waals surface area contributed by atoms with Crippen molar-refractivity contribution in [2.75, 3.05) is 6.61 Å². The highest BCUT2D eigenvalue weighted by Gasteiger charge is 2.10. The maximum absolute atomic E-state index is 8.79. The van der Waals surface area contributed by atoms with E-state index in [9.17, 15) is 0 Å². The van der Waals surface area contributed by atoms with Crippen molar-refractivity contribution in [3.63, 3.8) is 0 Å². The lowest BCUT2D eigenvalue weighted by Gasteiger charge is -2.18. The van der Waals surface area contributed by atoms with Crippen LogP contribution in [0.25, 0.3) is 0 Å². The number of hydrogen-bond donors (Lipinski definition) is 2. The van der Waals surface area contributed by atoms with Gasteiger partial charge in [0.15, 0.2) is 0 Å². The normalized spacial score (nSPS) is 15.4. The Morgan fingerprint density at radius 3 is 2.64 bits per heavy atom. The van der Waals surface area contributed by atoms with Crippen LogP contribution in [0.3, 0.4) is 0 Å². The molecular formula is C11H19NOS. The van der Waals surface area contributed by atoms with Gasteiger partial charge in [0.2, 0.25) is 0 Å². The van der Waals surface area contributed by atoms with Gasteiger partial charge in [0.25, 0.3) is 0 Å². The highest BCUT2D eigenvalue weighted by Crippen LogP contribution is 2.22. The molecule has 0 bridgehead atoms. The van der Waals surface area contributed by atoms with Crippen LogP contribution in [0.2, 0.25) is 0 Å². The lowest BCUT2D eigenvalue weighted by Crippen LogP contribution is -2.29. The fraction of sp³-hybridized carbons (Fsp3) is 0.636. The number of hydrogen-bond acceptors (Lipinski definition) is 3. The van der Waals surface area contributed by atoms with Crippen LogP contribution in [0.15, 0.2) is 12.1 Å². The first-order valence-electron chi connectivity index (χ1n) is 5.06. The number of aryl methyl sites for hydroxylation is 1. The van der Waals surface area contributed by atoms with E-state index in [-0.39, 0.29) is 6.61 Å². The Kier molecular flexibility index (Phi) is 4.58. The zero-order valence-electron chi connectivity index (χ0n) is 9.08. The van der Waals surface area contributed by atoms with E-state index in [1.807, 2.05) is 11.3 Å². The van der Waals surface area contributed by atoms with Crippen LogP contribution in [-0.2, 0) is 0 Å². The van der Waals surface area contributed by atoms with Crippen LogP contribution in [-0.4, -0.2) is 17.8 Å². The van der Waals surface area contributed by atoms with Crippen molar-refractivity contribution >= 4 is 11.3 Å². The summed E-state index contributed by atoms with van der Waals surface area (Å²) in [6, 6.07) is 5.07. The number of nitrogens with one attached hydrogen (secondary N) is 1. The number of rotatable bonds is 5. The van der Waals surface area contributed by atoms with Crippen LogP contribution >= 0.6 is 11.3 Å². The van der Waals surface area contributed by atoms with Gasteiger partial charge in [-0.05, 0) is 39.3 Å². The van der Waals surface area contributed by atoms with Gasteiger partial charge in [-0.1, -0.05) is 0 Å². The Morgan fingerprint density at radius 2 is 2.14 bits per heavy atom. The van der Waals surface area contributed by atoms with Crippen molar-refractivity contribution in [2.45, 2.75) is 39.3 Å². The monoisotopic (exact) mass is 213 g/mol. The van der Waals surface area contributed by atoms with Crippen LogP contribution in [0.5, 0.6) is 0 Å². The van der Waals surface area contributed by atoms with Gasteiger partial charge in [0.05, 0.1) is 0 Å². The minimum atomic E-state index is 0.254. The van der Waals surface area contributed by atoms with Gasteiger partial charge in [0.1, 0.15) is 0 Å². The van der Waals surface area contributed by atoms with Crippen molar-refractivity contribution in [1.29, 1.82) is 0 Å². The van der Waals surface area contributed by atoms with Crippen LogP contribution < -0.4 is 5.32 Å². The maximum atomic E-state index is 8.79. The van der Waals surface area contributed by atoms with E-state index in [0.717, 1.165) is 6.42 Å². The molecule has 1 aromatic heterocycles. The van der Waals surface area contributed by atoms with Crippen LogP contribution in [0, 0.1) is 6.92 Å². The summed E-state index contributed by atoms with van der Waals surface area (Å²) >= 11 is 1.83. The summed E-state index contributed by atoms with van der Waals surface area (Å²) in [6.07, 6.45) is 0.814. The molecule has 2 atom stereocenters. The summed E-state index contributed by atoms with van der Waals surface area (Å²) in [5.41, 5.74) is 0. The summed E-state index contributed by atoms with van der Waals surface area (Å²) in [6.45, 7) is 6.65. The Labute approximate surface area is 90.0 Å². The third-order valence-electron chi connectivity index (χ3n) is 2.28. The molecule has 0 spiro atoms. The minimum absolute atomic E-state index is 0.254. The standard InChI is InChI=1S/C11H19NOS/c1-8(6-7-13)12-10(3)11-5-4-9(2)14-11/h4-5,8,10,12-13H,6-7H2,1-3H3/t8-,10?/m1/s1. The minimum Gasteiger partial charge on any atom is -0.396 e. The molecular weight excluding hydrogens is 194 g/mol. The number of aliphatic hydroxyl groups is 1. The molecule has 2 nitrogen and oxygen atoms in total. The van der Waals surface area contributed by atoms with E-state index in [1.54, 1.807) is 0 Å². The molecule has 1 aromatic rings. The summed E-state index contributed by atoms with van der Waals surface area (Å²) in [5, 5.41) is 12.2. The molecule has 0 radical (unpaired) electrons. The molecule has 0 amide bonds. The van der Waals surface area contributed by atoms with E-state index >= 15 is 0 Å². The van der Waals surface area contributed by atoms with Crippen molar-refractivity contribution in [2.24, 2.45) is 0 Å². The van der Waals surface area contributed by atoms with Gasteiger partial charge in [-0.15, -0.1) is 11.3 Å². The summed E-state index contributed by atoms with van der Waals surface area (Å²) in [4.78, 5) is 2.72. The molecule has 0 saturated heterocycles. The Bertz CT molecular complexity index is 272. The quantitative estimate of drug-likeness (QED) is 0.787. The number of thiophene rings is 1. The van der Waals surface area contributed by atoms with E-state index < -0.39 is 0 Å². The van der Waals surface area contributed by atoms with Gasteiger partial charge in [-0.25, -0.2) is 0 Å². The van der Waals surface area contributed by atoms with E-state index in [1.165, 1.54) is 9.75 Å². The Balaban J connectivity index is 2.45. The molecule has 0 aromatic carbocycles. The molecule has 0 aliphatic heterocycles. The second-order valence-corrected chi connectivity index (χ2v) is 5.07. The average Bonchev–Trinajstić information content (AvgIpc) is 2.52. The predicted octanol–water partition coefficient (Wildman–Crippen LogP) is 2.48. The topological polar surface area (TPSA) is 32.3 Å².